The Bertz CT molecular complexity index is 594. The number of thiophene rings is 1. The number of carbonyl (C=O) groups excluding carboxylic acids is 1. The maximum atomic E-state index is 12.2. The van der Waals surface area contributed by atoms with Crippen molar-refractivity contribution in [2.75, 3.05) is 5.73 Å². The second kappa shape index (κ2) is 5.22. The Labute approximate surface area is 128 Å². The van der Waals surface area contributed by atoms with Gasteiger partial charge in [-0.15, -0.1) is 11.3 Å². The smallest absolute Gasteiger partial charge is 0.195 e. The Hall–Kier alpha value is -0.170. The number of nitrogen functional groups attached to an aromatic ring is 1. The zero-order valence-electron chi connectivity index (χ0n) is 8.34. The molecule has 17 heavy (non-hydrogen) atoms. The average Bonchev–Trinajstić information content (AvgIpc) is 2.61. The van der Waals surface area contributed by atoms with E-state index < -0.39 is 0 Å². The first-order chi connectivity index (χ1) is 7.99. The predicted molar refractivity (Wildman–Crippen MR) is 81.7 cm³/mol. The highest BCUT2D eigenvalue weighted by Crippen LogP contribution is 2.33. The topological polar surface area (TPSA) is 43.1 Å². The Morgan fingerprint density at radius 1 is 1.18 bits per heavy atom. The number of rotatable bonds is 2. The van der Waals surface area contributed by atoms with Gasteiger partial charge in [-0.3, -0.25) is 4.79 Å². The summed E-state index contributed by atoms with van der Waals surface area (Å²) in [5.41, 5.74) is 7.57. The van der Waals surface area contributed by atoms with E-state index in [0.717, 1.165) is 12.0 Å². The monoisotopic (exact) mass is 437 g/mol. The van der Waals surface area contributed by atoms with E-state index in [4.69, 9.17) is 5.73 Å². The van der Waals surface area contributed by atoms with Gasteiger partial charge in [0, 0.05) is 21.3 Å². The predicted octanol–water partition coefficient (Wildman–Crippen LogP) is 4.85. The van der Waals surface area contributed by atoms with Crippen molar-refractivity contribution in [3.8, 4) is 0 Å². The molecule has 2 rings (SSSR count). The van der Waals surface area contributed by atoms with Crippen LogP contribution in [0.5, 0.6) is 0 Å². The van der Waals surface area contributed by atoms with Gasteiger partial charge in [0.15, 0.2) is 5.78 Å². The third-order valence-electron chi connectivity index (χ3n) is 2.16. The number of benzene rings is 1. The summed E-state index contributed by atoms with van der Waals surface area (Å²) >= 11 is 11.5. The molecule has 1 heterocycles. The fraction of sp³-hybridized carbons (Fsp3) is 0. The lowest BCUT2D eigenvalue weighted by Gasteiger charge is -2.02. The van der Waals surface area contributed by atoms with Crippen LogP contribution in [-0.4, -0.2) is 5.78 Å². The number of nitrogens with two attached hydrogens (primary N) is 1. The zero-order valence-corrected chi connectivity index (χ0v) is 13.9. The lowest BCUT2D eigenvalue weighted by Crippen LogP contribution is -2.01. The number of hydrogen-bond donors (Lipinski definition) is 1. The SMILES string of the molecule is Nc1ccc(C(=O)c2cc(Br)sc2Br)cc1Br. The number of anilines is 1. The highest BCUT2D eigenvalue weighted by molar-refractivity contribution is 9.12. The Balaban J connectivity index is 2.44. The maximum absolute atomic E-state index is 12.2. The van der Waals surface area contributed by atoms with Crippen LogP contribution in [0.25, 0.3) is 0 Å². The summed E-state index contributed by atoms with van der Waals surface area (Å²) in [6.45, 7) is 0. The fourth-order valence-corrected chi connectivity index (χ4v) is 4.49. The van der Waals surface area contributed by atoms with Gasteiger partial charge in [0.1, 0.15) is 0 Å². The molecule has 0 fully saturated rings. The Kier molecular flexibility index (Phi) is 4.07. The van der Waals surface area contributed by atoms with Crippen LogP contribution in [0.2, 0.25) is 0 Å². The van der Waals surface area contributed by atoms with Crippen molar-refractivity contribution < 1.29 is 4.79 Å². The lowest BCUT2D eigenvalue weighted by atomic mass is 10.1. The summed E-state index contributed by atoms with van der Waals surface area (Å²) in [4.78, 5) is 12.2. The quantitative estimate of drug-likeness (QED) is 0.537. The van der Waals surface area contributed by atoms with Crippen molar-refractivity contribution >= 4 is 70.6 Å². The van der Waals surface area contributed by atoms with E-state index in [-0.39, 0.29) is 5.78 Å². The van der Waals surface area contributed by atoms with Crippen LogP contribution in [-0.2, 0) is 0 Å². The van der Waals surface area contributed by atoms with Gasteiger partial charge in [-0.1, -0.05) is 0 Å². The summed E-state index contributed by atoms with van der Waals surface area (Å²) in [7, 11) is 0. The van der Waals surface area contributed by atoms with Crippen LogP contribution >= 0.6 is 59.1 Å². The summed E-state index contributed by atoms with van der Waals surface area (Å²) < 4.78 is 2.47. The van der Waals surface area contributed by atoms with Crippen molar-refractivity contribution in [1.29, 1.82) is 0 Å². The molecule has 88 valence electrons. The van der Waals surface area contributed by atoms with E-state index in [1.165, 1.54) is 11.3 Å². The van der Waals surface area contributed by atoms with Crippen molar-refractivity contribution in [2.45, 2.75) is 0 Å². The van der Waals surface area contributed by atoms with E-state index in [2.05, 4.69) is 47.8 Å². The first-order valence-electron chi connectivity index (χ1n) is 4.53. The largest absolute Gasteiger partial charge is 0.398 e. The normalized spacial score (nSPS) is 10.5. The van der Waals surface area contributed by atoms with Gasteiger partial charge in [-0.2, -0.15) is 0 Å². The minimum atomic E-state index is -0.0282. The molecule has 0 unspecified atom stereocenters. The first kappa shape index (κ1) is 13.3. The van der Waals surface area contributed by atoms with Crippen LogP contribution in [0.4, 0.5) is 5.69 Å². The Morgan fingerprint density at radius 2 is 1.88 bits per heavy atom. The van der Waals surface area contributed by atoms with Crippen LogP contribution in [0.3, 0.4) is 0 Å². The van der Waals surface area contributed by atoms with E-state index in [0.29, 0.717) is 16.8 Å². The molecule has 0 saturated heterocycles. The minimum Gasteiger partial charge on any atom is -0.398 e. The Morgan fingerprint density at radius 3 is 2.41 bits per heavy atom. The van der Waals surface area contributed by atoms with Gasteiger partial charge in [-0.25, -0.2) is 0 Å². The number of hydrogen-bond acceptors (Lipinski definition) is 3. The van der Waals surface area contributed by atoms with Gasteiger partial charge >= 0.3 is 0 Å². The molecule has 1 aromatic heterocycles. The van der Waals surface area contributed by atoms with Gasteiger partial charge in [0.05, 0.1) is 7.57 Å². The summed E-state index contributed by atoms with van der Waals surface area (Å²) in [5.74, 6) is -0.0282. The van der Waals surface area contributed by atoms with Gasteiger partial charge in [-0.05, 0) is 72.1 Å². The van der Waals surface area contributed by atoms with Crippen LogP contribution in [0.1, 0.15) is 15.9 Å². The summed E-state index contributed by atoms with van der Waals surface area (Å²) in [5, 5.41) is 0. The molecule has 6 heteroatoms. The standard InChI is InChI=1S/C11H6Br3NOS/c12-7-3-5(1-2-8(7)15)10(16)6-4-9(13)17-11(6)14/h1-4H,15H2. The molecule has 0 amide bonds. The molecule has 0 aliphatic heterocycles. The van der Waals surface area contributed by atoms with Crippen molar-refractivity contribution in [2.24, 2.45) is 0 Å². The van der Waals surface area contributed by atoms with Gasteiger partial charge in [0.25, 0.3) is 0 Å². The fourth-order valence-electron chi connectivity index (χ4n) is 1.32. The van der Waals surface area contributed by atoms with E-state index >= 15 is 0 Å². The van der Waals surface area contributed by atoms with E-state index in [9.17, 15) is 4.79 Å². The molecular weight excluding hydrogens is 434 g/mol. The molecule has 0 bridgehead atoms. The van der Waals surface area contributed by atoms with Crippen molar-refractivity contribution in [1.82, 2.24) is 0 Å². The number of carbonyl (C=O) groups is 1. The molecule has 0 saturated carbocycles. The minimum absolute atomic E-state index is 0.0282. The molecule has 0 atom stereocenters. The second-order valence-corrected chi connectivity index (χ2v) is 7.91. The molecule has 0 aliphatic rings. The number of ketones is 1. The molecule has 0 spiro atoms. The third-order valence-corrected chi connectivity index (χ3v) is 5.19. The lowest BCUT2D eigenvalue weighted by molar-refractivity contribution is 0.103. The summed E-state index contributed by atoms with van der Waals surface area (Å²) in [6, 6.07) is 6.98. The molecule has 2 nitrogen and oxygen atoms in total. The third kappa shape index (κ3) is 2.81. The molecule has 0 aliphatic carbocycles. The molecule has 1 aromatic carbocycles. The molecule has 0 radical (unpaired) electrons. The van der Waals surface area contributed by atoms with Crippen molar-refractivity contribution in [3.63, 3.8) is 0 Å². The van der Waals surface area contributed by atoms with Gasteiger partial charge < -0.3 is 5.73 Å². The molecular formula is C11H6Br3NOS. The van der Waals surface area contributed by atoms with Crippen LogP contribution in [0.15, 0.2) is 36.3 Å². The van der Waals surface area contributed by atoms with Crippen LogP contribution in [0, 0.1) is 0 Å². The van der Waals surface area contributed by atoms with Crippen molar-refractivity contribution in [3.05, 3.63) is 47.4 Å². The summed E-state index contributed by atoms with van der Waals surface area (Å²) in [6.07, 6.45) is 0. The first-order valence-corrected chi connectivity index (χ1v) is 7.73. The molecule has 2 aromatic rings. The average molecular weight is 440 g/mol. The van der Waals surface area contributed by atoms with Crippen LogP contribution < -0.4 is 5.73 Å². The highest BCUT2D eigenvalue weighted by Gasteiger charge is 2.16. The maximum Gasteiger partial charge on any atom is 0.195 e. The van der Waals surface area contributed by atoms with E-state index in [1.54, 1.807) is 24.3 Å². The number of halogens is 3. The highest BCUT2D eigenvalue weighted by atomic mass is 79.9. The zero-order chi connectivity index (χ0) is 12.6. The second-order valence-electron chi connectivity index (χ2n) is 3.30. The van der Waals surface area contributed by atoms with E-state index in [1.807, 2.05) is 0 Å². The molecule has 2 N–H and O–H groups in total. The van der Waals surface area contributed by atoms with Gasteiger partial charge in [0.2, 0.25) is 0 Å².